The Kier molecular flexibility index (Phi) is 5.29. The van der Waals surface area contributed by atoms with Gasteiger partial charge in [-0.3, -0.25) is 0 Å². The quantitative estimate of drug-likeness (QED) is 0.373. The van der Waals surface area contributed by atoms with Gasteiger partial charge in [-0.1, -0.05) is 6.07 Å². The van der Waals surface area contributed by atoms with Crippen LogP contribution < -0.4 is 32.4 Å². The minimum atomic E-state index is -4.75. The molecule has 1 saturated carbocycles. The van der Waals surface area contributed by atoms with Gasteiger partial charge in [0, 0.05) is 23.5 Å². The number of rotatable bonds is 4. The van der Waals surface area contributed by atoms with Gasteiger partial charge in [-0.2, -0.15) is 26.3 Å². The second-order valence-corrected chi connectivity index (χ2v) is 9.13. The van der Waals surface area contributed by atoms with Crippen molar-refractivity contribution in [1.29, 1.82) is 0 Å². The summed E-state index contributed by atoms with van der Waals surface area (Å²) in [6.07, 6.45) is -9.82. The van der Waals surface area contributed by atoms with Gasteiger partial charge in [-0.15, -0.1) is 0 Å². The Morgan fingerprint density at radius 2 is 1.24 bits per heavy atom. The molecule has 0 saturated heterocycles. The first-order valence-corrected chi connectivity index (χ1v) is 10.9. The van der Waals surface area contributed by atoms with Crippen molar-refractivity contribution in [2.45, 2.75) is 42.4 Å². The number of anilines is 2. The maximum absolute atomic E-state index is 13.2. The molecule has 8 N–H and O–H groups in total. The van der Waals surface area contributed by atoms with Gasteiger partial charge in [-0.05, 0) is 48.2 Å². The summed E-state index contributed by atoms with van der Waals surface area (Å²) in [5, 5.41) is 0. The van der Waals surface area contributed by atoms with Crippen LogP contribution in [0.3, 0.4) is 0 Å². The third-order valence-corrected chi connectivity index (χ3v) is 6.57. The number of nitrogen functional groups attached to an aromatic ring is 2. The van der Waals surface area contributed by atoms with Crippen molar-refractivity contribution in [1.82, 2.24) is 9.97 Å². The van der Waals surface area contributed by atoms with Crippen LogP contribution in [0, 0.1) is 0 Å². The zero-order valence-corrected chi connectivity index (χ0v) is 18.8. The summed E-state index contributed by atoms with van der Waals surface area (Å²) in [7, 11) is 0. The first kappa shape index (κ1) is 24.9. The highest BCUT2D eigenvalue weighted by molar-refractivity contribution is 5.55. The average Bonchev–Trinajstić information content (AvgIpc) is 3.13. The maximum Gasteiger partial charge on any atom is 0.433 e. The van der Waals surface area contributed by atoms with Crippen molar-refractivity contribution in [2.24, 2.45) is 11.5 Å². The zero-order valence-electron chi connectivity index (χ0n) is 18.8. The lowest BCUT2D eigenvalue weighted by Crippen LogP contribution is -2.51. The lowest BCUT2D eigenvalue weighted by molar-refractivity contribution is -0.142. The number of nitrogens with two attached hydrogens (primary N) is 4. The van der Waals surface area contributed by atoms with Crippen LogP contribution in [0.4, 0.5) is 37.7 Å². The van der Waals surface area contributed by atoms with Crippen molar-refractivity contribution in [2.75, 3.05) is 11.5 Å². The van der Waals surface area contributed by atoms with Gasteiger partial charge in [0.15, 0.2) is 11.4 Å². The van der Waals surface area contributed by atoms with E-state index in [4.69, 9.17) is 32.4 Å². The van der Waals surface area contributed by atoms with E-state index in [1.54, 1.807) is 6.07 Å². The molecule has 2 aromatic heterocycles. The molecule has 5 rings (SSSR count). The highest BCUT2D eigenvalue weighted by Crippen LogP contribution is 2.57. The summed E-state index contributed by atoms with van der Waals surface area (Å²) in [5.74, 6) is -0.677. The fourth-order valence-corrected chi connectivity index (χ4v) is 4.97. The van der Waals surface area contributed by atoms with Crippen LogP contribution in [0.2, 0.25) is 0 Å². The number of ether oxygens (including phenoxy) is 2. The van der Waals surface area contributed by atoms with E-state index >= 15 is 0 Å². The minimum absolute atomic E-state index is 0.103. The molecule has 0 radical (unpaired) electrons. The van der Waals surface area contributed by atoms with Crippen molar-refractivity contribution < 1.29 is 35.8 Å². The van der Waals surface area contributed by atoms with Crippen molar-refractivity contribution in [3.8, 4) is 17.5 Å². The molecule has 14 heteroatoms. The molecule has 3 atom stereocenters. The molecule has 2 bridgehead atoms. The first-order valence-electron chi connectivity index (χ1n) is 10.9. The Bertz CT molecular complexity index is 1400. The Hall–Kier alpha value is -3.78. The van der Waals surface area contributed by atoms with E-state index in [1.807, 2.05) is 0 Å². The molecule has 8 nitrogen and oxygen atoms in total. The molecular formula is C23H20F6N6O2. The van der Waals surface area contributed by atoms with Crippen LogP contribution in [0.5, 0.6) is 17.5 Å². The number of hydrogen-bond donors (Lipinski definition) is 4. The van der Waals surface area contributed by atoms with Gasteiger partial charge in [0.05, 0.1) is 11.1 Å². The molecule has 2 aliphatic carbocycles. The van der Waals surface area contributed by atoms with Crippen LogP contribution in [0.15, 0.2) is 42.5 Å². The lowest BCUT2D eigenvalue weighted by atomic mass is 9.85. The van der Waals surface area contributed by atoms with Gasteiger partial charge >= 0.3 is 12.4 Å². The van der Waals surface area contributed by atoms with Crippen molar-refractivity contribution in [3.63, 3.8) is 0 Å². The number of alkyl halides is 6. The fourth-order valence-electron chi connectivity index (χ4n) is 4.97. The first-order chi connectivity index (χ1) is 17.1. The third-order valence-electron chi connectivity index (χ3n) is 6.57. The highest BCUT2D eigenvalue weighted by Gasteiger charge is 2.64. The van der Waals surface area contributed by atoms with Crippen LogP contribution >= 0.6 is 0 Å². The van der Waals surface area contributed by atoms with Crippen LogP contribution in [-0.2, 0) is 23.4 Å². The monoisotopic (exact) mass is 526 g/mol. The van der Waals surface area contributed by atoms with Crippen LogP contribution in [0.25, 0.3) is 0 Å². The average molecular weight is 526 g/mol. The Morgan fingerprint density at radius 1 is 0.730 bits per heavy atom. The summed E-state index contributed by atoms with van der Waals surface area (Å²) < 4.78 is 90.4. The van der Waals surface area contributed by atoms with Gasteiger partial charge in [0.1, 0.15) is 11.9 Å². The Balaban J connectivity index is 1.48. The highest BCUT2D eigenvalue weighted by atomic mass is 19.4. The zero-order chi connectivity index (χ0) is 27.0. The molecule has 0 aliphatic heterocycles. The van der Waals surface area contributed by atoms with Gasteiger partial charge < -0.3 is 32.4 Å². The smallest absolute Gasteiger partial charge is 0.433 e. The van der Waals surface area contributed by atoms with E-state index in [0.29, 0.717) is 36.1 Å². The number of pyridine rings is 2. The van der Waals surface area contributed by atoms with E-state index in [-0.39, 0.29) is 23.0 Å². The molecule has 196 valence electrons. The lowest BCUT2D eigenvalue weighted by Gasteiger charge is -2.30. The van der Waals surface area contributed by atoms with Gasteiger partial charge in [-0.25, -0.2) is 9.97 Å². The number of fused-ring (bicyclic) bond motifs is 5. The summed E-state index contributed by atoms with van der Waals surface area (Å²) in [6, 6.07) is 8.17. The third kappa shape index (κ3) is 4.15. The topological polar surface area (TPSA) is 148 Å². The maximum atomic E-state index is 13.2. The fraction of sp³-hybridized carbons (Fsp3) is 0.304. The predicted molar refractivity (Wildman–Crippen MR) is 119 cm³/mol. The molecule has 2 heterocycles. The van der Waals surface area contributed by atoms with E-state index in [1.165, 1.54) is 12.1 Å². The molecule has 2 aliphatic rings. The summed E-state index contributed by atoms with van der Waals surface area (Å²) >= 11 is 0. The van der Waals surface area contributed by atoms with Crippen LogP contribution in [-0.4, -0.2) is 16.1 Å². The normalized spacial score (nSPS) is 24.7. The molecule has 3 aromatic rings. The number of benzene rings is 1. The molecule has 0 spiro atoms. The summed E-state index contributed by atoms with van der Waals surface area (Å²) in [4.78, 5) is 6.98. The summed E-state index contributed by atoms with van der Waals surface area (Å²) in [5.41, 5.74) is 20.3. The van der Waals surface area contributed by atoms with E-state index < -0.39 is 46.8 Å². The number of nitrogens with zero attached hydrogens (tertiary/aromatic N) is 2. The van der Waals surface area contributed by atoms with Gasteiger partial charge in [0.25, 0.3) is 0 Å². The summed E-state index contributed by atoms with van der Waals surface area (Å²) in [6.45, 7) is 0. The largest absolute Gasteiger partial charge is 0.470 e. The second-order valence-electron chi connectivity index (χ2n) is 9.13. The van der Waals surface area contributed by atoms with Crippen molar-refractivity contribution >= 4 is 11.4 Å². The van der Waals surface area contributed by atoms with E-state index in [2.05, 4.69) is 9.97 Å². The number of halogens is 6. The number of hydrogen-bond acceptors (Lipinski definition) is 8. The van der Waals surface area contributed by atoms with Crippen molar-refractivity contribution in [3.05, 3.63) is 65.0 Å². The van der Waals surface area contributed by atoms with E-state index in [9.17, 15) is 26.3 Å². The SMILES string of the molecule is Nc1cc(Oc2ccc3c(c2)C2(N)CCC3(N)C2Oc2cc(N)cc(C(F)(F)F)n2)nc(C(F)(F)F)c1. The molecule has 1 fully saturated rings. The molecular weight excluding hydrogens is 506 g/mol. The van der Waals surface area contributed by atoms with Gasteiger partial charge in [0.2, 0.25) is 11.8 Å². The van der Waals surface area contributed by atoms with Crippen LogP contribution in [0.1, 0.15) is 35.4 Å². The molecule has 37 heavy (non-hydrogen) atoms. The van der Waals surface area contributed by atoms with E-state index in [0.717, 1.165) is 12.1 Å². The Morgan fingerprint density at radius 3 is 1.81 bits per heavy atom. The minimum Gasteiger partial charge on any atom is -0.470 e. The number of aromatic nitrogens is 2. The Labute approximate surface area is 205 Å². The molecule has 3 unspecified atom stereocenters. The molecule has 1 aromatic carbocycles. The molecule has 0 amide bonds. The predicted octanol–water partition coefficient (Wildman–Crippen LogP) is 4.03. The standard InChI is InChI=1S/C23H20F6N6O2/c24-22(25,26)15-5-10(30)7-17(34-15)36-12-1-2-13-14(9-12)21(33)4-3-20(13,32)19(21)37-18-8-11(31)6-16(35-18)23(27,28)29/h1-2,5-9,19H,3-4,32-33H2,(H2,30,34)(H2,31,35). The second kappa shape index (κ2) is 7.86.